The minimum atomic E-state index is 0.436. The maximum Gasteiger partial charge on any atom is 0.225 e. The van der Waals surface area contributed by atoms with E-state index in [4.69, 9.17) is 9.97 Å². The predicted octanol–water partition coefficient (Wildman–Crippen LogP) is 7.08. The third-order valence-corrected chi connectivity index (χ3v) is 7.73. The molecule has 4 aromatic rings. The van der Waals surface area contributed by atoms with Gasteiger partial charge in [0.1, 0.15) is 5.82 Å². The second kappa shape index (κ2) is 12.4. The molecular formula is C33H41N5. The molecule has 0 amide bonds. The molecule has 5 nitrogen and oxygen atoms in total. The van der Waals surface area contributed by atoms with Gasteiger partial charge < -0.3 is 15.5 Å². The van der Waals surface area contributed by atoms with Gasteiger partial charge in [-0.1, -0.05) is 74.0 Å². The molecule has 1 saturated carbocycles. The molecule has 38 heavy (non-hydrogen) atoms. The monoisotopic (exact) mass is 507 g/mol. The van der Waals surface area contributed by atoms with Crippen LogP contribution in [0, 0.1) is 5.92 Å². The number of hydrogen-bond donors (Lipinski definition) is 2. The van der Waals surface area contributed by atoms with E-state index in [-0.39, 0.29) is 0 Å². The largest absolute Gasteiger partial charge is 0.362 e. The minimum absolute atomic E-state index is 0.436. The molecule has 0 saturated heterocycles. The van der Waals surface area contributed by atoms with E-state index < -0.39 is 0 Å². The summed E-state index contributed by atoms with van der Waals surface area (Å²) in [6.07, 6.45) is 7.12. The van der Waals surface area contributed by atoms with E-state index in [0.29, 0.717) is 6.04 Å². The molecule has 1 aliphatic carbocycles. The van der Waals surface area contributed by atoms with Crippen molar-refractivity contribution in [3.05, 3.63) is 83.9 Å². The standard InChI is InChI=1S/C33H41N5/c1-4-7-24-10-16-27(17-11-24)28-18-12-25(13-19-28)22-34-23-26-14-20-29(21-15-26)35-33-36-31-9-6-5-8-30(31)32(37-33)38(2)3/h5-6,8-13,16-19,26,29,34H,4,7,14-15,20-23H2,1-3H3,(H,35,36,37). The van der Waals surface area contributed by atoms with Gasteiger partial charge in [0.25, 0.3) is 0 Å². The molecule has 1 aromatic heterocycles. The SMILES string of the molecule is CCCc1ccc(-c2ccc(CNCC3CCC(Nc4nc(N(C)C)c5ccccc5n4)CC3)cc2)cc1. The van der Waals surface area contributed by atoms with E-state index in [1.54, 1.807) is 0 Å². The van der Waals surface area contributed by atoms with Gasteiger partial charge in [0, 0.05) is 32.1 Å². The summed E-state index contributed by atoms with van der Waals surface area (Å²) in [6.45, 7) is 4.23. The van der Waals surface area contributed by atoms with Gasteiger partial charge in [-0.25, -0.2) is 4.98 Å². The molecule has 3 aromatic carbocycles. The van der Waals surface area contributed by atoms with Crippen molar-refractivity contribution in [2.24, 2.45) is 5.92 Å². The molecule has 1 heterocycles. The summed E-state index contributed by atoms with van der Waals surface area (Å²) in [7, 11) is 4.08. The van der Waals surface area contributed by atoms with Crippen molar-refractivity contribution in [1.82, 2.24) is 15.3 Å². The second-order valence-electron chi connectivity index (χ2n) is 10.9. The first kappa shape index (κ1) is 26.2. The molecular weight excluding hydrogens is 466 g/mol. The van der Waals surface area contributed by atoms with Gasteiger partial charge >= 0.3 is 0 Å². The fourth-order valence-electron chi connectivity index (χ4n) is 5.55. The second-order valence-corrected chi connectivity index (χ2v) is 10.9. The number of fused-ring (bicyclic) bond motifs is 1. The Morgan fingerprint density at radius 1 is 0.789 bits per heavy atom. The number of anilines is 2. The van der Waals surface area contributed by atoms with E-state index in [2.05, 4.69) is 83.1 Å². The Morgan fingerprint density at radius 3 is 2.11 bits per heavy atom. The summed E-state index contributed by atoms with van der Waals surface area (Å²) >= 11 is 0. The van der Waals surface area contributed by atoms with Gasteiger partial charge in [0.05, 0.1) is 5.52 Å². The van der Waals surface area contributed by atoms with Crippen molar-refractivity contribution >= 4 is 22.7 Å². The van der Waals surface area contributed by atoms with Crippen molar-refractivity contribution in [2.45, 2.75) is 58.0 Å². The molecule has 5 rings (SSSR count). The normalized spacial score (nSPS) is 17.4. The van der Waals surface area contributed by atoms with E-state index in [0.717, 1.165) is 60.9 Å². The molecule has 0 atom stereocenters. The van der Waals surface area contributed by atoms with Gasteiger partial charge in [-0.2, -0.15) is 4.98 Å². The predicted molar refractivity (Wildman–Crippen MR) is 161 cm³/mol. The molecule has 0 aliphatic heterocycles. The molecule has 1 aliphatic rings. The van der Waals surface area contributed by atoms with E-state index >= 15 is 0 Å². The third-order valence-electron chi connectivity index (χ3n) is 7.73. The number of hydrogen-bond acceptors (Lipinski definition) is 5. The maximum atomic E-state index is 4.82. The highest BCUT2D eigenvalue weighted by Crippen LogP contribution is 2.28. The molecule has 1 fully saturated rings. The van der Waals surface area contributed by atoms with Crippen LogP contribution < -0.4 is 15.5 Å². The number of para-hydroxylation sites is 1. The van der Waals surface area contributed by atoms with Crippen molar-refractivity contribution in [1.29, 1.82) is 0 Å². The molecule has 0 spiro atoms. The van der Waals surface area contributed by atoms with E-state index in [9.17, 15) is 0 Å². The van der Waals surface area contributed by atoms with Crippen LogP contribution in [0.15, 0.2) is 72.8 Å². The number of nitrogens with one attached hydrogen (secondary N) is 2. The summed E-state index contributed by atoms with van der Waals surface area (Å²) < 4.78 is 0. The van der Waals surface area contributed by atoms with Crippen LogP contribution in [0.3, 0.4) is 0 Å². The fraction of sp³-hybridized carbons (Fsp3) is 0.394. The molecule has 2 N–H and O–H groups in total. The van der Waals surface area contributed by atoms with Crippen LogP contribution in [-0.2, 0) is 13.0 Å². The third kappa shape index (κ3) is 6.51. The van der Waals surface area contributed by atoms with Crippen LogP contribution in [0.1, 0.15) is 50.2 Å². The Morgan fingerprint density at radius 2 is 1.45 bits per heavy atom. The lowest BCUT2D eigenvalue weighted by molar-refractivity contribution is 0.324. The van der Waals surface area contributed by atoms with E-state index in [1.807, 2.05) is 26.2 Å². The van der Waals surface area contributed by atoms with Gasteiger partial charge in [-0.3, -0.25) is 0 Å². The molecule has 198 valence electrons. The summed E-state index contributed by atoms with van der Waals surface area (Å²) in [5.41, 5.74) is 6.33. The first-order chi connectivity index (χ1) is 18.6. The average molecular weight is 508 g/mol. The lowest BCUT2D eigenvalue weighted by Gasteiger charge is -2.29. The summed E-state index contributed by atoms with van der Waals surface area (Å²) in [6, 6.07) is 26.7. The smallest absolute Gasteiger partial charge is 0.225 e. The minimum Gasteiger partial charge on any atom is -0.362 e. The first-order valence-corrected chi connectivity index (χ1v) is 14.2. The topological polar surface area (TPSA) is 53.1 Å². The van der Waals surface area contributed by atoms with Crippen molar-refractivity contribution in [3.8, 4) is 11.1 Å². The molecule has 5 heteroatoms. The molecule has 0 unspecified atom stereocenters. The van der Waals surface area contributed by atoms with E-state index in [1.165, 1.54) is 41.5 Å². The van der Waals surface area contributed by atoms with Gasteiger partial charge in [0.2, 0.25) is 5.95 Å². The summed E-state index contributed by atoms with van der Waals surface area (Å²) in [5, 5.41) is 8.43. The quantitative estimate of drug-likeness (QED) is 0.240. The Bertz CT molecular complexity index is 1310. The number of aryl methyl sites for hydroxylation is 1. The first-order valence-electron chi connectivity index (χ1n) is 14.2. The average Bonchev–Trinajstić information content (AvgIpc) is 2.94. The van der Waals surface area contributed by atoms with Crippen LogP contribution in [-0.4, -0.2) is 36.6 Å². The van der Waals surface area contributed by atoms with Crippen LogP contribution in [0.2, 0.25) is 0 Å². The summed E-state index contributed by atoms with van der Waals surface area (Å²) in [5.74, 6) is 2.44. The van der Waals surface area contributed by atoms with Crippen LogP contribution in [0.5, 0.6) is 0 Å². The Labute approximate surface area is 227 Å². The van der Waals surface area contributed by atoms with Crippen LogP contribution in [0.25, 0.3) is 22.0 Å². The summed E-state index contributed by atoms with van der Waals surface area (Å²) in [4.78, 5) is 11.7. The Hall–Kier alpha value is -3.44. The van der Waals surface area contributed by atoms with Gasteiger partial charge in [-0.05, 0) is 79.0 Å². The fourth-order valence-corrected chi connectivity index (χ4v) is 5.55. The number of nitrogens with zero attached hydrogens (tertiary/aromatic N) is 3. The van der Waals surface area contributed by atoms with Crippen molar-refractivity contribution in [3.63, 3.8) is 0 Å². The van der Waals surface area contributed by atoms with Crippen LogP contribution >= 0.6 is 0 Å². The van der Waals surface area contributed by atoms with Crippen molar-refractivity contribution < 1.29 is 0 Å². The van der Waals surface area contributed by atoms with Gasteiger partial charge in [0.15, 0.2) is 0 Å². The maximum absolute atomic E-state index is 4.82. The Kier molecular flexibility index (Phi) is 8.54. The number of aromatic nitrogens is 2. The zero-order valence-electron chi connectivity index (χ0n) is 23.1. The molecule has 0 radical (unpaired) electrons. The van der Waals surface area contributed by atoms with Crippen molar-refractivity contribution in [2.75, 3.05) is 30.9 Å². The highest BCUT2D eigenvalue weighted by molar-refractivity contribution is 5.90. The number of benzene rings is 3. The lowest BCUT2D eigenvalue weighted by Crippen LogP contribution is -2.31. The molecule has 0 bridgehead atoms. The van der Waals surface area contributed by atoms with Crippen LogP contribution in [0.4, 0.5) is 11.8 Å². The highest BCUT2D eigenvalue weighted by atomic mass is 15.2. The highest BCUT2D eigenvalue weighted by Gasteiger charge is 2.22. The van der Waals surface area contributed by atoms with Gasteiger partial charge in [-0.15, -0.1) is 0 Å². The zero-order valence-corrected chi connectivity index (χ0v) is 23.1. The lowest BCUT2D eigenvalue weighted by atomic mass is 9.86. The zero-order chi connectivity index (χ0) is 26.3. The number of rotatable bonds is 10. The Balaban J connectivity index is 1.07.